The summed E-state index contributed by atoms with van der Waals surface area (Å²) in [4.78, 5) is 13.2. The lowest BCUT2D eigenvalue weighted by Crippen LogP contribution is -2.13. The number of halogens is 3. The van der Waals surface area contributed by atoms with Crippen LogP contribution in [0.4, 0.5) is 10.1 Å². The van der Waals surface area contributed by atoms with Gasteiger partial charge in [0.15, 0.2) is 0 Å². The molecule has 160 valence electrons. The number of carbonyl (C=O) groups excluding carboxylic acids is 1. The van der Waals surface area contributed by atoms with Crippen molar-refractivity contribution in [3.8, 4) is 17.0 Å². The number of benzene rings is 2. The highest BCUT2D eigenvalue weighted by Crippen LogP contribution is 2.38. The summed E-state index contributed by atoms with van der Waals surface area (Å²) in [7, 11) is 1.76. The maximum atomic E-state index is 13.5. The first-order chi connectivity index (χ1) is 14.9. The lowest BCUT2D eigenvalue weighted by Gasteiger charge is -2.14. The predicted molar refractivity (Wildman–Crippen MR) is 123 cm³/mol. The molecule has 0 saturated carbocycles. The van der Waals surface area contributed by atoms with Crippen molar-refractivity contribution >= 4 is 56.2 Å². The van der Waals surface area contributed by atoms with Crippen LogP contribution in [0.15, 0.2) is 42.6 Å². The number of aryl methyl sites for hydroxylation is 1. The Morgan fingerprint density at radius 1 is 1.29 bits per heavy atom. The summed E-state index contributed by atoms with van der Waals surface area (Å²) in [6.45, 7) is 0.671. The standard InChI is InChI=1S/C21H17Cl2FN4O2S/c1-28-19(15(22)10-26-28)14-9-12(3-5-16(14)30-7-6-25)27-21(29)20-18(23)13-4-2-11(24)8-17(13)31-20/h2-5,8-10H,6-7,25H2,1H3,(H,27,29). The summed E-state index contributed by atoms with van der Waals surface area (Å²) in [6, 6.07) is 9.41. The second-order valence-corrected chi connectivity index (χ2v) is 8.49. The zero-order valence-corrected chi connectivity index (χ0v) is 18.6. The van der Waals surface area contributed by atoms with Crippen LogP contribution >= 0.6 is 34.5 Å². The van der Waals surface area contributed by atoms with Crippen LogP contribution in [-0.4, -0.2) is 28.8 Å². The van der Waals surface area contributed by atoms with Crippen molar-refractivity contribution in [1.82, 2.24) is 9.78 Å². The summed E-state index contributed by atoms with van der Waals surface area (Å²) in [6.07, 6.45) is 1.53. The Hall–Kier alpha value is -2.65. The number of ether oxygens (including phenoxy) is 1. The molecule has 0 saturated heterocycles. The van der Waals surface area contributed by atoms with Crippen molar-refractivity contribution in [2.45, 2.75) is 0 Å². The topological polar surface area (TPSA) is 82.2 Å². The van der Waals surface area contributed by atoms with E-state index in [0.29, 0.717) is 55.8 Å². The van der Waals surface area contributed by atoms with E-state index in [9.17, 15) is 9.18 Å². The maximum Gasteiger partial charge on any atom is 0.267 e. The largest absolute Gasteiger partial charge is 0.492 e. The number of hydrogen-bond donors (Lipinski definition) is 2. The Morgan fingerprint density at radius 2 is 2.10 bits per heavy atom. The zero-order valence-electron chi connectivity index (χ0n) is 16.3. The van der Waals surface area contributed by atoms with Gasteiger partial charge in [-0.1, -0.05) is 23.2 Å². The molecule has 0 atom stereocenters. The minimum atomic E-state index is -0.399. The molecule has 0 aliphatic rings. The molecule has 0 aliphatic carbocycles. The third-order valence-electron chi connectivity index (χ3n) is 4.56. The maximum absolute atomic E-state index is 13.5. The molecule has 0 fully saturated rings. The minimum absolute atomic E-state index is 0.287. The third-order valence-corrected chi connectivity index (χ3v) is 6.49. The highest BCUT2D eigenvalue weighted by atomic mass is 35.5. The van der Waals surface area contributed by atoms with Crippen LogP contribution in [0.2, 0.25) is 10.0 Å². The van der Waals surface area contributed by atoms with E-state index < -0.39 is 5.91 Å². The number of fused-ring (bicyclic) bond motifs is 1. The van der Waals surface area contributed by atoms with Crippen molar-refractivity contribution in [2.75, 3.05) is 18.5 Å². The van der Waals surface area contributed by atoms with E-state index in [-0.39, 0.29) is 10.8 Å². The normalized spacial score (nSPS) is 11.1. The van der Waals surface area contributed by atoms with E-state index in [1.54, 1.807) is 36.0 Å². The summed E-state index contributed by atoms with van der Waals surface area (Å²) in [5.41, 5.74) is 7.36. The molecule has 0 aliphatic heterocycles. The van der Waals surface area contributed by atoms with Gasteiger partial charge in [-0.15, -0.1) is 11.3 Å². The van der Waals surface area contributed by atoms with Crippen molar-refractivity contribution in [3.63, 3.8) is 0 Å². The molecule has 4 aromatic rings. The number of hydrogen-bond acceptors (Lipinski definition) is 5. The van der Waals surface area contributed by atoms with Gasteiger partial charge in [-0.05, 0) is 36.4 Å². The van der Waals surface area contributed by atoms with Crippen LogP contribution in [-0.2, 0) is 7.05 Å². The number of nitrogens with two attached hydrogens (primary N) is 1. The van der Waals surface area contributed by atoms with Crippen molar-refractivity contribution in [1.29, 1.82) is 0 Å². The number of anilines is 1. The van der Waals surface area contributed by atoms with Gasteiger partial charge >= 0.3 is 0 Å². The molecule has 31 heavy (non-hydrogen) atoms. The first kappa shape index (κ1) is 21.6. The van der Waals surface area contributed by atoms with Gasteiger partial charge in [-0.25, -0.2) is 4.39 Å². The first-order valence-corrected chi connectivity index (χ1v) is 10.8. The summed E-state index contributed by atoms with van der Waals surface area (Å²) >= 11 is 13.8. The molecule has 0 unspecified atom stereocenters. The minimum Gasteiger partial charge on any atom is -0.492 e. The Morgan fingerprint density at radius 3 is 2.81 bits per heavy atom. The number of nitrogens with one attached hydrogen (secondary N) is 1. The molecule has 2 aromatic carbocycles. The van der Waals surface area contributed by atoms with Gasteiger partial charge in [-0.3, -0.25) is 9.48 Å². The second kappa shape index (κ2) is 8.84. The van der Waals surface area contributed by atoms with Gasteiger partial charge in [0.25, 0.3) is 5.91 Å². The SMILES string of the molecule is Cn1ncc(Cl)c1-c1cc(NC(=O)c2sc3cc(F)ccc3c2Cl)ccc1OCCN. The van der Waals surface area contributed by atoms with Crippen LogP contribution in [0, 0.1) is 5.82 Å². The predicted octanol–water partition coefficient (Wildman–Crippen LogP) is 5.34. The van der Waals surface area contributed by atoms with Gasteiger partial charge < -0.3 is 15.8 Å². The van der Waals surface area contributed by atoms with Crippen LogP contribution in [0.5, 0.6) is 5.75 Å². The molecule has 2 heterocycles. The first-order valence-electron chi connectivity index (χ1n) is 9.22. The number of rotatable bonds is 6. The Kier molecular flexibility index (Phi) is 6.15. The molecular weight excluding hydrogens is 462 g/mol. The summed E-state index contributed by atoms with van der Waals surface area (Å²) in [5, 5.41) is 8.37. The molecule has 0 spiro atoms. The monoisotopic (exact) mass is 478 g/mol. The number of nitrogens with zero attached hydrogens (tertiary/aromatic N) is 2. The summed E-state index contributed by atoms with van der Waals surface area (Å²) < 4.78 is 21.5. The van der Waals surface area contributed by atoms with Crippen molar-refractivity contribution in [3.05, 3.63) is 63.3 Å². The highest BCUT2D eigenvalue weighted by Gasteiger charge is 2.20. The molecule has 2 aromatic heterocycles. The number of carbonyl (C=O) groups is 1. The fraction of sp³-hybridized carbons (Fsp3) is 0.143. The van der Waals surface area contributed by atoms with Crippen LogP contribution < -0.4 is 15.8 Å². The average Bonchev–Trinajstić information content (AvgIpc) is 3.25. The number of amides is 1. The lowest BCUT2D eigenvalue weighted by molar-refractivity contribution is 0.103. The van der Waals surface area contributed by atoms with Crippen molar-refractivity contribution < 1.29 is 13.9 Å². The molecule has 1 amide bonds. The van der Waals surface area contributed by atoms with E-state index in [0.717, 1.165) is 11.3 Å². The smallest absolute Gasteiger partial charge is 0.267 e. The lowest BCUT2D eigenvalue weighted by atomic mass is 10.1. The van der Waals surface area contributed by atoms with Crippen LogP contribution in [0.3, 0.4) is 0 Å². The molecule has 0 bridgehead atoms. The van der Waals surface area contributed by atoms with Crippen LogP contribution in [0.1, 0.15) is 9.67 Å². The molecule has 3 N–H and O–H groups in total. The Balaban J connectivity index is 1.70. The van der Waals surface area contributed by atoms with Gasteiger partial charge in [0.2, 0.25) is 0 Å². The highest BCUT2D eigenvalue weighted by molar-refractivity contribution is 7.21. The Bertz CT molecular complexity index is 1270. The number of aromatic nitrogens is 2. The molecule has 4 rings (SSSR count). The van der Waals surface area contributed by atoms with E-state index in [1.807, 2.05) is 0 Å². The number of thiophene rings is 1. The van der Waals surface area contributed by atoms with Gasteiger partial charge in [0.05, 0.1) is 21.9 Å². The Labute approximate surface area is 191 Å². The van der Waals surface area contributed by atoms with E-state index >= 15 is 0 Å². The van der Waals surface area contributed by atoms with E-state index in [2.05, 4.69) is 10.4 Å². The fourth-order valence-corrected chi connectivity index (χ4v) is 4.88. The third kappa shape index (κ3) is 4.24. The zero-order chi connectivity index (χ0) is 22.1. The fourth-order valence-electron chi connectivity index (χ4n) is 3.17. The van der Waals surface area contributed by atoms with Gasteiger partial charge in [0, 0.05) is 34.9 Å². The van der Waals surface area contributed by atoms with Crippen LogP contribution in [0.25, 0.3) is 21.3 Å². The van der Waals surface area contributed by atoms with Crippen molar-refractivity contribution in [2.24, 2.45) is 12.8 Å². The average molecular weight is 479 g/mol. The van der Waals surface area contributed by atoms with E-state index in [4.69, 9.17) is 33.7 Å². The molecule has 6 nitrogen and oxygen atoms in total. The van der Waals surface area contributed by atoms with Gasteiger partial charge in [-0.2, -0.15) is 5.10 Å². The molecular formula is C21H17Cl2FN4O2S. The summed E-state index contributed by atoms with van der Waals surface area (Å²) in [5.74, 6) is -0.225. The quantitative estimate of drug-likeness (QED) is 0.391. The van der Waals surface area contributed by atoms with Gasteiger partial charge in [0.1, 0.15) is 23.1 Å². The second-order valence-electron chi connectivity index (χ2n) is 6.65. The molecule has 0 radical (unpaired) electrons. The molecule has 10 heteroatoms. The van der Waals surface area contributed by atoms with E-state index in [1.165, 1.54) is 18.3 Å².